The third-order valence-corrected chi connectivity index (χ3v) is 4.91. The standard InChI is InChI=1S/C21H29N5O5/c1-13-18(19-16(30-5)11-15(27)12-17(19)31-6)20-22-14(2)23-21(26(20)24-13)25(7-9-28-3)8-10-29-4/h11-12,27H,7-10H2,1-6H3. The zero-order valence-electron chi connectivity index (χ0n) is 18.8. The fourth-order valence-corrected chi connectivity index (χ4v) is 3.48. The molecule has 2 aromatic heterocycles. The largest absolute Gasteiger partial charge is 0.508 e. The van der Waals surface area contributed by atoms with Crippen molar-refractivity contribution in [2.75, 3.05) is 59.6 Å². The van der Waals surface area contributed by atoms with Gasteiger partial charge in [-0.3, -0.25) is 0 Å². The first-order chi connectivity index (χ1) is 14.9. The normalized spacial score (nSPS) is 11.2. The number of aromatic nitrogens is 4. The summed E-state index contributed by atoms with van der Waals surface area (Å²) in [7, 11) is 6.41. The molecule has 0 aliphatic heterocycles. The number of ether oxygens (including phenoxy) is 4. The smallest absolute Gasteiger partial charge is 0.230 e. The zero-order chi connectivity index (χ0) is 22.5. The Bertz CT molecular complexity index is 1020. The van der Waals surface area contributed by atoms with Gasteiger partial charge in [0.1, 0.15) is 23.1 Å². The van der Waals surface area contributed by atoms with Crippen LogP contribution < -0.4 is 14.4 Å². The minimum absolute atomic E-state index is 0.0448. The summed E-state index contributed by atoms with van der Waals surface area (Å²) in [5, 5.41) is 14.8. The van der Waals surface area contributed by atoms with E-state index in [0.717, 1.165) is 11.3 Å². The van der Waals surface area contributed by atoms with E-state index in [4.69, 9.17) is 24.0 Å². The molecule has 168 valence electrons. The molecule has 3 aromatic rings. The average molecular weight is 431 g/mol. The van der Waals surface area contributed by atoms with Crippen LogP contribution in [0.15, 0.2) is 12.1 Å². The van der Waals surface area contributed by atoms with Crippen molar-refractivity contribution in [2.45, 2.75) is 13.8 Å². The molecular weight excluding hydrogens is 402 g/mol. The predicted octanol–water partition coefficient (Wildman–Crippen LogP) is 2.23. The molecule has 0 radical (unpaired) electrons. The van der Waals surface area contributed by atoms with Gasteiger partial charge >= 0.3 is 0 Å². The second kappa shape index (κ2) is 9.80. The van der Waals surface area contributed by atoms with Crippen molar-refractivity contribution in [3.05, 3.63) is 23.7 Å². The first kappa shape index (κ1) is 22.6. The number of hydrogen-bond donors (Lipinski definition) is 1. The quantitative estimate of drug-likeness (QED) is 0.517. The zero-order valence-corrected chi connectivity index (χ0v) is 18.8. The summed E-state index contributed by atoms with van der Waals surface area (Å²) in [6.07, 6.45) is 0. The highest BCUT2D eigenvalue weighted by atomic mass is 16.5. The monoisotopic (exact) mass is 431 g/mol. The molecule has 0 atom stereocenters. The van der Waals surface area contributed by atoms with E-state index in [-0.39, 0.29) is 5.75 Å². The van der Waals surface area contributed by atoms with Crippen LogP contribution in [0.2, 0.25) is 0 Å². The number of phenolic OH excluding ortho intramolecular Hbond substituents is 1. The molecule has 10 heteroatoms. The first-order valence-electron chi connectivity index (χ1n) is 9.87. The molecule has 2 heterocycles. The van der Waals surface area contributed by atoms with Crippen LogP contribution in [0.4, 0.5) is 5.95 Å². The minimum Gasteiger partial charge on any atom is -0.508 e. The Labute approximate surface area is 181 Å². The Morgan fingerprint density at radius 2 is 1.48 bits per heavy atom. The van der Waals surface area contributed by atoms with Gasteiger partial charge in [0.2, 0.25) is 5.95 Å². The highest BCUT2D eigenvalue weighted by molar-refractivity contribution is 5.88. The number of nitrogens with zero attached hydrogens (tertiary/aromatic N) is 5. The molecular formula is C21H29N5O5. The number of benzene rings is 1. The Morgan fingerprint density at radius 3 is 2.00 bits per heavy atom. The van der Waals surface area contributed by atoms with Crippen molar-refractivity contribution in [1.29, 1.82) is 0 Å². The molecule has 0 aliphatic rings. The molecule has 10 nitrogen and oxygen atoms in total. The summed E-state index contributed by atoms with van der Waals surface area (Å²) < 4.78 is 23.4. The van der Waals surface area contributed by atoms with Gasteiger partial charge in [-0.25, -0.2) is 4.98 Å². The van der Waals surface area contributed by atoms with Crippen molar-refractivity contribution in [1.82, 2.24) is 19.6 Å². The van der Waals surface area contributed by atoms with Crippen molar-refractivity contribution in [3.63, 3.8) is 0 Å². The Hall–Kier alpha value is -3.11. The Morgan fingerprint density at radius 1 is 0.903 bits per heavy atom. The number of anilines is 1. The number of fused-ring (bicyclic) bond motifs is 1. The van der Waals surface area contributed by atoms with Crippen LogP contribution in [0, 0.1) is 13.8 Å². The van der Waals surface area contributed by atoms with Crippen LogP contribution in [0.5, 0.6) is 17.2 Å². The van der Waals surface area contributed by atoms with Crippen molar-refractivity contribution in [2.24, 2.45) is 0 Å². The van der Waals surface area contributed by atoms with E-state index in [0.29, 0.717) is 60.8 Å². The lowest BCUT2D eigenvalue weighted by molar-refractivity contribution is 0.189. The lowest BCUT2D eigenvalue weighted by atomic mass is 10.0. The SMILES string of the molecule is COCCN(CCOC)c1nc(C)nc2c(-c3c(OC)cc(O)cc3OC)c(C)nn12. The van der Waals surface area contributed by atoms with E-state index >= 15 is 0 Å². The van der Waals surface area contributed by atoms with E-state index < -0.39 is 0 Å². The van der Waals surface area contributed by atoms with Gasteiger partial charge in [-0.15, -0.1) is 0 Å². The fourth-order valence-electron chi connectivity index (χ4n) is 3.48. The topological polar surface area (TPSA) is 103 Å². The Balaban J connectivity index is 2.27. The van der Waals surface area contributed by atoms with Crippen molar-refractivity contribution < 1.29 is 24.1 Å². The minimum atomic E-state index is 0.0448. The molecule has 0 spiro atoms. The molecule has 0 saturated heterocycles. The number of aryl methyl sites for hydroxylation is 2. The summed E-state index contributed by atoms with van der Waals surface area (Å²) in [6, 6.07) is 3.08. The van der Waals surface area contributed by atoms with E-state index in [1.807, 2.05) is 13.8 Å². The second-order valence-corrected chi connectivity index (χ2v) is 6.96. The maximum atomic E-state index is 10.0. The van der Waals surface area contributed by atoms with E-state index in [1.54, 1.807) is 45.1 Å². The lowest BCUT2D eigenvalue weighted by Gasteiger charge is -2.23. The third-order valence-electron chi connectivity index (χ3n) is 4.91. The summed E-state index contributed by atoms with van der Waals surface area (Å²) in [6.45, 7) is 6.02. The van der Waals surface area contributed by atoms with Gasteiger partial charge in [0, 0.05) is 39.4 Å². The first-order valence-corrected chi connectivity index (χ1v) is 9.87. The predicted molar refractivity (Wildman–Crippen MR) is 116 cm³/mol. The molecule has 31 heavy (non-hydrogen) atoms. The van der Waals surface area contributed by atoms with Crippen LogP contribution in [0.3, 0.4) is 0 Å². The number of aromatic hydroxyl groups is 1. The highest BCUT2D eigenvalue weighted by Crippen LogP contribution is 2.44. The summed E-state index contributed by atoms with van der Waals surface area (Å²) in [4.78, 5) is 11.4. The molecule has 0 fully saturated rings. The maximum Gasteiger partial charge on any atom is 0.230 e. The van der Waals surface area contributed by atoms with Crippen LogP contribution in [-0.2, 0) is 9.47 Å². The number of rotatable bonds is 10. The highest BCUT2D eigenvalue weighted by Gasteiger charge is 2.25. The third kappa shape index (κ3) is 4.49. The second-order valence-electron chi connectivity index (χ2n) is 6.96. The molecule has 0 bridgehead atoms. The summed E-state index contributed by atoms with van der Waals surface area (Å²) >= 11 is 0. The van der Waals surface area contributed by atoms with E-state index in [1.165, 1.54) is 0 Å². The number of phenols is 1. The molecule has 0 aliphatic carbocycles. The van der Waals surface area contributed by atoms with Gasteiger partial charge in [-0.2, -0.15) is 14.6 Å². The van der Waals surface area contributed by atoms with Crippen molar-refractivity contribution in [3.8, 4) is 28.4 Å². The van der Waals surface area contributed by atoms with Crippen LogP contribution in [0.1, 0.15) is 11.5 Å². The lowest BCUT2D eigenvalue weighted by Crippen LogP contribution is -2.33. The molecule has 1 N–H and O–H groups in total. The van der Waals surface area contributed by atoms with Crippen LogP contribution in [0.25, 0.3) is 16.8 Å². The van der Waals surface area contributed by atoms with Gasteiger partial charge in [0.15, 0.2) is 5.65 Å². The van der Waals surface area contributed by atoms with E-state index in [9.17, 15) is 5.11 Å². The number of methoxy groups -OCH3 is 4. The van der Waals surface area contributed by atoms with Crippen LogP contribution in [-0.4, -0.2) is 79.4 Å². The Kier molecular flexibility index (Phi) is 7.13. The molecule has 0 saturated carbocycles. The van der Waals surface area contributed by atoms with Gasteiger partial charge < -0.3 is 29.0 Å². The molecule has 0 unspecified atom stereocenters. The average Bonchev–Trinajstić information content (AvgIpc) is 3.08. The molecule has 1 aromatic carbocycles. The molecule has 0 amide bonds. The fraction of sp³-hybridized carbons (Fsp3) is 0.476. The van der Waals surface area contributed by atoms with Gasteiger partial charge in [0.25, 0.3) is 0 Å². The van der Waals surface area contributed by atoms with Gasteiger partial charge in [0.05, 0.1) is 44.3 Å². The maximum absolute atomic E-state index is 10.0. The van der Waals surface area contributed by atoms with Gasteiger partial charge in [-0.1, -0.05) is 0 Å². The van der Waals surface area contributed by atoms with Crippen LogP contribution >= 0.6 is 0 Å². The van der Waals surface area contributed by atoms with Crippen molar-refractivity contribution >= 4 is 11.6 Å². The number of hydrogen-bond acceptors (Lipinski definition) is 9. The van der Waals surface area contributed by atoms with Gasteiger partial charge in [-0.05, 0) is 13.8 Å². The molecule has 3 rings (SSSR count). The van der Waals surface area contributed by atoms with E-state index in [2.05, 4.69) is 14.9 Å². The summed E-state index contributed by atoms with van der Waals surface area (Å²) in [5.41, 5.74) is 2.75. The summed E-state index contributed by atoms with van der Waals surface area (Å²) in [5.74, 6) is 2.21.